The van der Waals surface area contributed by atoms with Crippen LogP contribution in [0.15, 0.2) is 22.7 Å². The molecular formula is C11H13BrN2O4. The van der Waals surface area contributed by atoms with Crippen LogP contribution in [0.25, 0.3) is 0 Å². The van der Waals surface area contributed by atoms with Crippen LogP contribution in [0.1, 0.15) is 16.8 Å². The molecule has 0 unspecified atom stereocenters. The minimum atomic E-state index is -1.47. The lowest BCUT2D eigenvalue weighted by Gasteiger charge is -2.08. The maximum atomic E-state index is 11.6. The number of carboxylic acids is 1. The van der Waals surface area contributed by atoms with Gasteiger partial charge in [0.05, 0.1) is 0 Å². The first-order chi connectivity index (χ1) is 8.41. The van der Waals surface area contributed by atoms with Crippen LogP contribution in [-0.4, -0.2) is 34.7 Å². The molecule has 0 aromatic heterocycles. The van der Waals surface area contributed by atoms with Crippen molar-refractivity contribution in [1.29, 1.82) is 0 Å². The molecule has 0 aliphatic carbocycles. The van der Waals surface area contributed by atoms with Gasteiger partial charge >= 0.3 is 5.97 Å². The number of carboxylic acid groups (broad SMARTS) is 1. The van der Waals surface area contributed by atoms with E-state index in [-0.39, 0.29) is 18.9 Å². The summed E-state index contributed by atoms with van der Waals surface area (Å²) < 4.78 is 0.695. The summed E-state index contributed by atoms with van der Waals surface area (Å²) in [6.07, 6.45) is -1.52. The Morgan fingerprint density at radius 2 is 2.11 bits per heavy atom. The monoisotopic (exact) mass is 316 g/mol. The molecule has 1 atom stereocenters. The van der Waals surface area contributed by atoms with E-state index in [4.69, 9.17) is 15.9 Å². The molecule has 7 heteroatoms. The Hall–Kier alpha value is -1.60. The van der Waals surface area contributed by atoms with E-state index in [1.54, 1.807) is 12.1 Å². The summed E-state index contributed by atoms with van der Waals surface area (Å²) in [6.45, 7) is 0.0717. The summed E-state index contributed by atoms with van der Waals surface area (Å²) in [6, 6.07) is 4.74. The molecule has 0 fully saturated rings. The van der Waals surface area contributed by atoms with Gasteiger partial charge in [0.15, 0.2) is 6.10 Å². The number of amides is 1. The predicted octanol–water partition coefficient (Wildman–Crippen LogP) is 0.597. The zero-order chi connectivity index (χ0) is 13.7. The fourth-order valence-corrected chi connectivity index (χ4v) is 1.48. The highest BCUT2D eigenvalue weighted by molar-refractivity contribution is 9.10. The number of rotatable bonds is 5. The Morgan fingerprint density at radius 1 is 1.44 bits per heavy atom. The highest BCUT2D eigenvalue weighted by Gasteiger charge is 2.13. The van der Waals surface area contributed by atoms with E-state index in [2.05, 4.69) is 21.2 Å². The molecule has 5 N–H and O–H groups in total. The predicted molar refractivity (Wildman–Crippen MR) is 69.1 cm³/mol. The fourth-order valence-electron chi connectivity index (χ4n) is 1.23. The molecule has 0 bridgehead atoms. The fraction of sp³-hybridized carbons (Fsp3) is 0.273. The van der Waals surface area contributed by atoms with Crippen LogP contribution in [0.2, 0.25) is 0 Å². The number of anilines is 1. The van der Waals surface area contributed by atoms with E-state index in [1.165, 1.54) is 6.07 Å². The molecule has 1 rings (SSSR count). The molecule has 0 radical (unpaired) electrons. The number of hydrogen-bond acceptors (Lipinski definition) is 4. The van der Waals surface area contributed by atoms with Gasteiger partial charge in [-0.25, -0.2) is 4.79 Å². The van der Waals surface area contributed by atoms with Crippen molar-refractivity contribution in [3.8, 4) is 0 Å². The molecule has 0 heterocycles. The number of nitrogens with one attached hydrogen (secondary N) is 1. The Labute approximate surface area is 112 Å². The van der Waals surface area contributed by atoms with Crippen LogP contribution in [0, 0.1) is 0 Å². The number of nitrogen functional groups attached to an aromatic ring is 1. The van der Waals surface area contributed by atoms with Crippen molar-refractivity contribution in [1.82, 2.24) is 5.32 Å². The largest absolute Gasteiger partial charge is 0.479 e. The maximum absolute atomic E-state index is 11.6. The quantitative estimate of drug-likeness (QED) is 0.594. The van der Waals surface area contributed by atoms with Gasteiger partial charge in [-0.15, -0.1) is 0 Å². The number of carbonyl (C=O) groups excluding carboxylic acids is 1. The molecule has 0 saturated carbocycles. The van der Waals surface area contributed by atoms with E-state index < -0.39 is 12.1 Å². The number of carbonyl (C=O) groups is 2. The summed E-state index contributed by atoms with van der Waals surface area (Å²) in [4.78, 5) is 22.0. The number of aliphatic hydroxyl groups is 1. The second-order valence-electron chi connectivity index (χ2n) is 3.63. The lowest BCUT2D eigenvalue weighted by molar-refractivity contribution is -0.146. The molecule has 0 spiro atoms. The minimum absolute atomic E-state index is 0.0485. The van der Waals surface area contributed by atoms with Crippen molar-refractivity contribution in [2.75, 3.05) is 12.3 Å². The summed E-state index contributed by atoms with van der Waals surface area (Å²) >= 11 is 3.21. The third-order valence-electron chi connectivity index (χ3n) is 2.25. The first-order valence-corrected chi connectivity index (χ1v) is 5.95. The molecular weight excluding hydrogens is 304 g/mol. The van der Waals surface area contributed by atoms with Gasteiger partial charge in [0.25, 0.3) is 5.91 Å². The molecule has 0 aliphatic heterocycles. The van der Waals surface area contributed by atoms with Gasteiger partial charge in [-0.2, -0.15) is 0 Å². The number of aliphatic hydroxyl groups excluding tert-OH is 1. The number of hydrogen-bond donors (Lipinski definition) is 4. The van der Waals surface area contributed by atoms with Crippen LogP contribution >= 0.6 is 15.9 Å². The highest BCUT2D eigenvalue weighted by atomic mass is 79.9. The second kappa shape index (κ2) is 6.36. The van der Waals surface area contributed by atoms with Gasteiger partial charge in [0.1, 0.15) is 0 Å². The lowest BCUT2D eigenvalue weighted by Crippen LogP contribution is -2.30. The van der Waals surface area contributed by atoms with Crippen molar-refractivity contribution in [2.24, 2.45) is 0 Å². The summed E-state index contributed by atoms with van der Waals surface area (Å²) in [5.74, 6) is -1.68. The summed E-state index contributed by atoms with van der Waals surface area (Å²) in [5.41, 5.74) is 6.44. The second-order valence-corrected chi connectivity index (χ2v) is 4.49. The third kappa shape index (κ3) is 4.01. The number of halogens is 1. The van der Waals surface area contributed by atoms with Crippen molar-refractivity contribution in [3.63, 3.8) is 0 Å². The van der Waals surface area contributed by atoms with Gasteiger partial charge in [-0.1, -0.05) is 0 Å². The van der Waals surface area contributed by atoms with Gasteiger partial charge < -0.3 is 21.3 Å². The van der Waals surface area contributed by atoms with Gasteiger partial charge in [-0.05, 0) is 34.1 Å². The zero-order valence-electron chi connectivity index (χ0n) is 9.39. The number of nitrogens with two attached hydrogens (primary N) is 1. The SMILES string of the molecule is Nc1cc(C(=O)NCC[C@H](O)C(=O)O)ccc1Br. The number of benzene rings is 1. The molecule has 0 saturated heterocycles. The Bertz CT molecular complexity index is 464. The van der Waals surface area contributed by atoms with E-state index in [0.717, 1.165) is 0 Å². The topological polar surface area (TPSA) is 113 Å². The van der Waals surface area contributed by atoms with Crippen molar-refractivity contribution in [2.45, 2.75) is 12.5 Å². The van der Waals surface area contributed by atoms with E-state index in [9.17, 15) is 9.59 Å². The Balaban J connectivity index is 2.50. The van der Waals surface area contributed by atoms with Gasteiger partial charge in [-0.3, -0.25) is 4.79 Å². The lowest BCUT2D eigenvalue weighted by atomic mass is 10.2. The van der Waals surface area contributed by atoms with Crippen LogP contribution < -0.4 is 11.1 Å². The van der Waals surface area contributed by atoms with Crippen molar-refractivity contribution < 1.29 is 19.8 Å². The third-order valence-corrected chi connectivity index (χ3v) is 2.97. The average Bonchev–Trinajstić information content (AvgIpc) is 2.32. The van der Waals surface area contributed by atoms with Gasteiger partial charge in [0.2, 0.25) is 0 Å². The first-order valence-electron chi connectivity index (χ1n) is 5.16. The maximum Gasteiger partial charge on any atom is 0.332 e. The van der Waals surface area contributed by atoms with Crippen molar-refractivity contribution >= 4 is 33.5 Å². The number of aliphatic carboxylic acids is 1. The Morgan fingerprint density at radius 3 is 2.67 bits per heavy atom. The molecule has 1 aromatic carbocycles. The van der Waals surface area contributed by atoms with Crippen LogP contribution in [-0.2, 0) is 4.79 Å². The van der Waals surface area contributed by atoms with E-state index >= 15 is 0 Å². The average molecular weight is 317 g/mol. The molecule has 6 nitrogen and oxygen atoms in total. The summed E-state index contributed by atoms with van der Waals surface area (Å²) in [5, 5.41) is 20.0. The van der Waals surface area contributed by atoms with Crippen LogP contribution in [0.5, 0.6) is 0 Å². The van der Waals surface area contributed by atoms with Crippen LogP contribution in [0.3, 0.4) is 0 Å². The molecule has 18 heavy (non-hydrogen) atoms. The molecule has 0 aliphatic rings. The minimum Gasteiger partial charge on any atom is -0.479 e. The smallest absolute Gasteiger partial charge is 0.332 e. The van der Waals surface area contributed by atoms with Crippen molar-refractivity contribution in [3.05, 3.63) is 28.2 Å². The molecule has 98 valence electrons. The highest BCUT2D eigenvalue weighted by Crippen LogP contribution is 2.20. The molecule has 1 amide bonds. The zero-order valence-corrected chi connectivity index (χ0v) is 11.0. The van der Waals surface area contributed by atoms with E-state index in [1.807, 2.05) is 0 Å². The van der Waals surface area contributed by atoms with Crippen LogP contribution in [0.4, 0.5) is 5.69 Å². The van der Waals surface area contributed by atoms with E-state index in [0.29, 0.717) is 15.7 Å². The standard InChI is InChI=1S/C11H13BrN2O4/c12-7-2-1-6(5-8(7)13)10(16)14-4-3-9(15)11(17)18/h1-2,5,9,15H,3-4,13H2,(H,14,16)(H,17,18)/t9-/m0/s1. The Kier molecular flexibility index (Phi) is 5.11. The summed E-state index contributed by atoms with van der Waals surface area (Å²) in [7, 11) is 0. The van der Waals surface area contributed by atoms with Gasteiger partial charge in [0, 0.05) is 28.7 Å². The first kappa shape index (κ1) is 14.5. The normalized spacial score (nSPS) is 11.9. The molecule has 1 aromatic rings.